The highest BCUT2D eigenvalue weighted by Crippen LogP contribution is 2.41. The van der Waals surface area contributed by atoms with E-state index in [0.29, 0.717) is 0 Å². The molecule has 4 atom stereocenters. The molecule has 7 nitrogen and oxygen atoms in total. The van der Waals surface area contributed by atoms with Gasteiger partial charge in [-0.3, -0.25) is 4.57 Å². The Morgan fingerprint density at radius 2 is 2.40 bits per heavy atom. The number of aromatic nitrogens is 2. The number of ether oxygens (including phenoxy) is 1. The Labute approximate surface area is 120 Å². The summed E-state index contributed by atoms with van der Waals surface area (Å²) in [5, 5.41) is 19.6. The van der Waals surface area contributed by atoms with Crippen LogP contribution in [0.5, 0.6) is 0 Å². The Morgan fingerprint density at radius 3 is 2.90 bits per heavy atom. The molecular formula is C12H14ClN3O4. The monoisotopic (exact) mass is 299 g/mol. The summed E-state index contributed by atoms with van der Waals surface area (Å²) in [4.78, 5) is 15.4. The van der Waals surface area contributed by atoms with Crippen molar-refractivity contribution in [3.05, 3.63) is 22.7 Å². The fourth-order valence-corrected chi connectivity index (χ4v) is 2.48. The zero-order valence-corrected chi connectivity index (χ0v) is 11.2. The number of aliphatic hydroxyl groups is 2. The Bertz CT molecular complexity index is 593. The van der Waals surface area contributed by atoms with Gasteiger partial charge in [-0.2, -0.15) is 4.98 Å². The Morgan fingerprint density at radius 1 is 1.70 bits per heavy atom. The van der Waals surface area contributed by atoms with Gasteiger partial charge in [-0.1, -0.05) is 5.92 Å². The summed E-state index contributed by atoms with van der Waals surface area (Å²) in [6.45, 7) is -0.524. The van der Waals surface area contributed by atoms with Gasteiger partial charge >= 0.3 is 5.69 Å². The first-order chi connectivity index (χ1) is 9.49. The van der Waals surface area contributed by atoms with Crippen LogP contribution < -0.4 is 11.4 Å². The largest absolute Gasteiger partial charge is 0.393 e. The van der Waals surface area contributed by atoms with Gasteiger partial charge in [0.1, 0.15) is 17.5 Å². The van der Waals surface area contributed by atoms with Crippen LogP contribution in [0, 0.1) is 18.3 Å². The van der Waals surface area contributed by atoms with Gasteiger partial charge in [-0.15, -0.1) is 18.0 Å². The zero-order valence-electron chi connectivity index (χ0n) is 10.4. The van der Waals surface area contributed by atoms with E-state index in [-0.39, 0.29) is 11.7 Å². The lowest BCUT2D eigenvalue weighted by Crippen LogP contribution is -2.46. The van der Waals surface area contributed by atoms with Gasteiger partial charge in [0, 0.05) is 6.20 Å². The summed E-state index contributed by atoms with van der Waals surface area (Å²) in [7, 11) is 0. The number of nitrogens with two attached hydrogens (primary N) is 1. The maximum atomic E-state index is 11.8. The molecule has 0 spiro atoms. The fraction of sp³-hybridized carbons (Fsp3) is 0.500. The van der Waals surface area contributed by atoms with Gasteiger partial charge in [-0.25, -0.2) is 4.79 Å². The van der Waals surface area contributed by atoms with Crippen molar-refractivity contribution in [1.29, 1.82) is 0 Å². The summed E-state index contributed by atoms with van der Waals surface area (Å²) in [6.07, 6.45) is 4.58. The van der Waals surface area contributed by atoms with E-state index in [0.717, 1.165) is 4.57 Å². The predicted octanol–water partition coefficient (Wildman–Crippen LogP) is -1.07. The highest BCUT2D eigenvalue weighted by Gasteiger charge is 2.54. The second kappa shape index (κ2) is 5.42. The van der Waals surface area contributed by atoms with Crippen LogP contribution in [0.3, 0.4) is 0 Å². The Hall–Kier alpha value is -1.59. The molecular weight excluding hydrogens is 286 g/mol. The number of halogens is 1. The average molecular weight is 300 g/mol. The minimum absolute atomic E-state index is 0.0628. The molecule has 0 radical (unpaired) electrons. The molecule has 108 valence electrons. The van der Waals surface area contributed by atoms with E-state index in [2.05, 4.69) is 10.9 Å². The zero-order chi connectivity index (χ0) is 14.9. The Balaban J connectivity index is 2.47. The molecule has 1 aliphatic heterocycles. The van der Waals surface area contributed by atoms with Gasteiger partial charge in [-0.05, 0) is 6.07 Å². The SMILES string of the molecule is C#C[C@@H]1[C@H](n2ccc(N)nc2=O)O[C@@](CO)(CCl)[C@H]1O. The molecule has 0 saturated carbocycles. The summed E-state index contributed by atoms with van der Waals surface area (Å²) in [6, 6.07) is 1.41. The normalized spacial score (nSPS) is 33.0. The van der Waals surface area contributed by atoms with Crippen molar-refractivity contribution in [2.75, 3.05) is 18.2 Å². The van der Waals surface area contributed by atoms with E-state index >= 15 is 0 Å². The van der Waals surface area contributed by atoms with Crippen molar-refractivity contribution >= 4 is 17.4 Å². The number of hydrogen-bond acceptors (Lipinski definition) is 6. The summed E-state index contributed by atoms with van der Waals surface area (Å²) < 4.78 is 6.70. The molecule has 1 saturated heterocycles. The number of nitrogens with zero attached hydrogens (tertiary/aromatic N) is 2. The first kappa shape index (κ1) is 14.8. The first-order valence-electron chi connectivity index (χ1n) is 5.82. The molecule has 0 amide bonds. The van der Waals surface area contributed by atoms with Gasteiger partial charge < -0.3 is 20.7 Å². The van der Waals surface area contributed by atoms with Crippen molar-refractivity contribution in [3.63, 3.8) is 0 Å². The fourth-order valence-electron chi connectivity index (χ4n) is 2.17. The third-order valence-corrected chi connectivity index (χ3v) is 3.81. The number of hydrogen-bond donors (Lipinski definition) is 3. The van der Waals surface area contributed by atoms with E-state index < -0.39 is 36.1 Å². The van der Waals surface area contributed by atoms with Crippen LogP contribution in [0.4, 0.5) is 5.82 Å². The molecule has 1 aromatic heterocycles. The number of anilines is 1. The van der Waals surface area contributed by atoms with Gasteiger partial charge in [0.25, 0.3) is 0 Å². The van der Waals surface area contributed by atoms with Crippen LogP contribution in [0.1, 0.15) is 6.23 Å². The van der Waals surface area contributed by atoms with Crippen molar-refractivity contribution in [3.8, 4) is 12.3 Å². The van der Waals surface area contributed by atoms with E-state index in [4.69, 9.17) is 28.5 Å². The second-order valence-corrected chi connectivity index (χ2v) is 4.81. The van der Waals surface area contributed by atoms with Crippen LogP contribution in [-0.2, 0) is 4.74 Å². The van der Waals surface area contributed by atoms with Crippen molar-refractivity contribution < 1.29 is 14.9 Å². The quantitative estimate of drug-likeness (QED) is 0.484. The van der Waals surface area contributed by atoms with Crippen LogP contribution in [0.2, 0.25) is 0 Å². The Kier molecular flexibility index (Phi) is 4.01. The van der Waals surface area contributed by atoms with Gasteiger partial charge in [0.15, 0.2) is 6.23 Å². The molecule has 0 unspecified atom stereocenters. The van der Waals surface area contributed by atoms with Crippen molar-refractivity contribution in [2.24, 2.45) is 5.92 Å². The standard InChI is InChI=1S/C12H14ClN3O4/c1-2-7-9(18)12(5-13,6-17)20-10(7)16-4-3-8(14)15-11(16)19/h1,3-4,7,9-10,17-18H,5-6H2,(H2,14,15,19)/t7-,9-,10+,12+/m0/s1. The molecule has 4 N–H and O–H groups in total. The van der Waals surface area contributed by atoms with Crippen molar-refractivity contribution in [2.45, 2.75) is 17.9 Å². The minimum atomic E-state index is -1.41. The number of aliphatic hydroxyl groups excluding tert-OH is 2. The highest BCUT2D eigenvalue weighted by molar-refractivity contribution is 6.18. The topological polar surface area (TPSA) is 111 Å². The number of nitrogen functional groups attached to an aromatic ring is 1. The lowest BCUT2D eigenvalue weighted by Gasteiger charge is -2.27. The molecule has 1 aromatic rings. The third-order valence-electron chi connectivity index (χ3n) is 3.35. The molecule has 1 fully saturated rings. The molecule has 2 rings (SSSR count). The second-order valence-electron chi connectivity index (χ2n) is 4.54. The summed E-state index contributed by atoms with van der Waals surface area (Å²) in [5.41, 5.74) is 3.34. The third kappa shape index (κ3) is 2.17. The lowest BCUT2D eigenvalue weighted by atomic mass is 9.92. The molecule has 0 aromatic carbocycles. The maximum Gasteiger partial charge on any atom is 0.351 e. The smallest absolute Gasteiger partial charge is 0.351 e. The van der Waals surface area contributed by atoms with Crippen LogP contribution >= 0.6 is 11.6 Å². The van der Waals surface area contributed by atoms with Crippen LogP contribution in [0.15, 0.2) is 17.1 Å². The highest BCUT2D eigenvalue weighted by atomic mass is 35.5. The predicted molar refractivity (Wildman–Crippen MR) is 71.9 cm³/mol. The van der Waals surface area contributed by atoms with E-state index in [1.54, 1.807) is 0 Å². The van der Waals surface area contributed by atoms with Crippen molar-refractivity contribution in [1.82, 2.24) is 9.55 Å². The van der Waals surface area contributed by atoms with E-state index in [1.165, 1.54) is 12.3 Å². The molecule has 0 aliphatic carbocycles. The molecule has 2 heterocycles. The summed E-state index contributed by atoms with van der Waals surface area (Å²) >= 11 is 5.76. The van der Waals surface area contributed by atoms with Crippen LogP contribution in [0.25, 0.3) is 0 Å². The van der Waals surface area contributed by atoms with Crippen LogP contribution in [-0.4, -0.2) is 44.0 Å². The van der Waals surface area contributed by atoms with Gasteiger partial charge in [0.05, 0.1) is 18.4 Å². The van der Waals surface area contributed by atoms with E-state index in [9.17, 15) is 15.0 Å². The molecule has 20 heavy (non-hydrogen) atoms. The number of rotatable bonds is 3. The lowest BCUT2D eigenvalue weighted by molar-refractivity contribution is -0.114. The average Bonchev–Trinajstić information content (AvgIpc) is 2.71. The maximum absolute atomic E-state index is 11.8. The molecule has 1 aliphatic rings. The number of terminal acetylenes is 1. The number of alkyl halides is 1. The van der Waals surface area contributed by atoms with E-state index in [1.807, 2.05) is 0 Å². The van der Waals surface area contributed by atoms with Gasteiger partial charge in [0.2, 0.25) is 0 Å². The minimum Gasteiger partial charge on any atom is -0.393 e. The molecule has 8 heteroatoms. The molecule has 0 bridgehead atoms. The summed E-state index contributed by atoms with van der Waals surface area (Å²) in [5.74, 6) is 1.41. The first-order valence-corrected chi connectivity index (χ1v) is 6.36.